The van der Waals surface area contributed by atoms with Crippen molar-refractivity contribution in [2.75, 3.05) is 13.1 Å². The lowest BCUT2D eigenvalue weighted by Gasteiger charge is -2.36. The van der Waals surface area contributed by atoms with Gasteiger partial charge in [-0.25, -0.2) is 4.39 Å². The topological polar surface area (TPSA) is 29.3 Å². The van der Waals surface area contributed by atoms with Gasteiger partial charge in [-0.3, -0.25) is 4.90 Å². The molecule has 0 amide bonds. The number of nitrogens with zero attached hydrogens (tertiary/aromatic N) is 1. The van der Waals surface area contributed by atoms with Crippen molar-refractivity contribution < 1.29 is 4.39 Å². The van der Waals surface area contributed by atoms with E-state index in [-0.39, 0.29) is 11.9 Å². The third kappa shape index (κ3) is 2.05. The van der Waals surface area contributed by atoms with Crippen LogP contribution in [0.5, 0.6) is 0 Å². The molecule has 1 saturated heterocycles. The number of hydrogen-bond donors (Lipinski definition) is 1. The van der Waals surface area contributed by atoms with Gasteiger partial charge in [0.05, 0.1) is 0 Å². The summed E-state index contributed by atoms with van der Waals surface area (Å²) < 4.78 is 13.3. The molecule has 0 saturated carbocycles. The van der Waals surface area contributed by atoms with E-state index in [0.717, 1.165) is 13.1 Å². The second-order valence-electron chi connectivity index (χ2n) is 3.69. The van der Waals surface area contributed by atoms with E-state index >= 15 is 0 Å². The van der Waals surface area contributed by atoms with E-state index in [1.807, 2.05) is 0 Å². The van der Waals surface area contributed by atoms with Crippen LogP contribution in [0.1, 0.15) is 5.56 Å². The Bertz CT molecular complexity index is 337. The van der Waals surface area contributed by atoms with Crippen LogP contribution >= 0.6 is 11.6 Å². The monoisotopic (exact) mass is 214 g/mol. The molecular formula is C10H12ClFN2. The van der Waals surface area contributed by atoms with Gasteiger partial charge >= 0.3 is 0 Å². The zero-order valence-electron chi connectivity index (χ0n) is 7.71. The highest BCUT2D eigenvalue weighted by atomic mass is 35.5. The summed E-state index contributed by atoms with van der Waals surface area (Å²) in [5, 5.41) is 0.437. The summed E-state index contributed by atoms with van der Waals surface area (Å²) in [6.45, 7) is 2.32. The summed E-state index contributed by atoms with van der Waals surface area (Å²) in [7, 11) is 0. The summed E-state index contributed by atoms with van der Waals surface area (Å²) in [4.78, 5) is 2.11. The van der Waals surface area contributed by atoms with Crippen molar-refractivity contribution >= 4 is 11.6 Å². The fourth-order valence-electron chi connectivity index (χ4n) is 1.63. The Hall–Kier alpha value is -0.640. The lowest BCUT2D eigenvalue weighted by molar-refractivity contribution is 0.140. The van der Waals surface area contributed by atoms with E-state index in [4.69, 9.17) is 17.3 Å². The van der Waals surface area contributed by atoms with Crippen LogP contribution in [0.3, 0.4) is 0 Å². The minimum Gasteiger partial charge on any atom is -0.325 e. The van der Waals surface area contributed by atoms with E-state index in [1.165, 1.54) is 6.07 Å². The Kier molecular flexibility index (Phi) is 2.72. The lowest BCUT2D eigenvalue weighted by Crippen LogP contribution is -2.54. The molecule has 1 fully saturated rings. The number of nitrogens with two attached hydrogens (primary N) is 1. The molecule has 4 heteroatoms. The van der Waals surface area contributed by atoms with Crippen molar-refractivity contribution in [3.63, 3.8) is 0 Å². The number of rotatable bonds is 2. The van der Waals surface area contributed by atoms with Gasteiger partial charge in [0, 0.05) is 36.3 Å². The third-order valence-corrected chi connectivity index (χ3v) is 2.63. The number of halogens is 2. The molecule has 76 valence electrons. The van der Waals surface area contributed by atoms with Crippen LogP contribution in [0.2, 0.25) is 5.02 Å². The Morgan fingerprint density at radius 2 is 2.21 bits per heavy atom. The van der Waals surface area contributed by atoms with E-state index in [9.17, 15) is 4.39 Å². The molecule has 1 aromatic rings. The predicted molar refractivity (Wildman–Crippen MR) is 54.7 cm³/mol. The summed E-state index contributed by atoms with van der Waals surface area (Å²) >= 11 is 5.65. The molecule has 0 bridgehead atoms. The first-order valence-electron chi connectivity index (χ1n) is 4.57. The second-order valence-corrected chi connectivity index (χ2v) is 4.13. The molecule has 0 radical (unpaired) electrons. The first kappa shape index (κ1) is 9.90. The first-order valence-corrected chi connectivity index (χ1v) is 4.95. The van der Waals surface area contributed by atoms with E-state index < -0.39 is 0 Å². The summed E-state index contributed by atoms with van der Waals surface area (Å²) in [6, 6.07) is 5.03. The van der Waals surface area contributed by atoms with Crippen molar-refractivity contribution in [3.8, 4) is 0 Å². The van der Waals surface area contributed by atoms with Crippen LogP contribution in [-0.2, 0) is 6.54 Å². The Morgan fingerprint density at radius 1 is 1.50 bits per heavy atom. The second kappa shape index (κ2) is 3.85. The Morgan fingerprint density at radius 3 is 2.79 bits per heavy atom. The molecule has 1 heterocycles. The molecular weight excluding hydrogens is 203 g/mol. The standard InChI is InChI=1S/C10H12ClFN2/c11-8-2-1-7(10(12)3-8)4-14-5-9(13)6-14/h1-3,9H,4-6,13H2. The maximum atomic E-state index is 13.3. The van der Waals surface area contributed by atoms with Crippen LogP contribution in [0.4, 0.5) is 4.39 Å². The Balaban J connectivity index is 2.02. The zero-order chi connectivity index (χ0) is 10.1. The first-order chi connectivity index (χ1) is 6.65. The SMILES string of the molecule is NC1CN(Cc2ccc(Cl)cc2F)C1. The highest BCUT2D eigenvalue weighted by Gasteiger charge is 2.23. The van der Waals surface area contributed by atoms with Crippen LogP contribution in [0, 0.1) is 5.82 Å². The molecule has 0 atom stereocenters. The normalized spacial score (nSPS) is 18.2. The average Bonchev–Trinajstić information content (AvgIpc) is 2.06. The largest absolute Gasteiger partial charge is 0.325 e. The van der Waals surface area contributed by atoms with Crippen molar-refractivity contribution in [1.82, 2.24) is 4.90 Å². The van der Waals surface area contributed by atoms with Gasteiger partial charge in [-0.2, -0.15) is 0 Å². The predicted octanol–water partition coefficient (Wildman–Crippen LogP) is 1.62. The van der Waals surface area contributed by atoms with Crippen molar-refractivity contribution in [2.24, 2.45) is 5.73 Å². The molecule has 2 nitrogen and oxygen atoms in total. The number of benzene rings is 1. The summed E-state index contributed by atoms with van der Waals surface area (Å²) in [5.41, 5.74) is 6.31. The van der Waals surface area contributed by atoms with Crippen molar-refractivity contribution in [3.05, 3.63) is 34.6 Å². The van der Waals surface area contributed by atoms with Gasteiger partial charge in [-0.15, -0.1) is 0 Å². The van der Waals surface area contributed by atoms with Crippen molar-refractivity contribution in [1.29, 1.82) is 0 Å². The van der Waals surface area contributed by atoms with Crippen LogP contribution in [0.15, 0.2) is 18.2 Å². The van der Waals surface area contributed by atoms with E-state index in [1.54, 1.807) is 12.1 Å². The third-order valence-electron chi connectivity index (χ3n) is 2.39. The highest BCUT2D eigenvalue weighted by molar-refractivity contribution is 6.30. The van der Waals surface area contributed by atoms with Gasteiger partial charge in [0.1, 0.15) is 5.82 Å². The fraction of sp³-hybridized carbons (Fsp3) is 0.400. The van der Waals surface area contributed by atoms with Crippen LogP contribution in [0.25, 0.3) is 0 Å². The van der Waals surface area contributed by atoms with Gasteiger partial charge in [0.25, 0.3) is 0 Å². The van der Waals surface area contributed by atoms with Gasteiger partial charge in [0.15, 0.2) is 0 Å². The number of hydrogen-bond acceptors (Lipinski definition) is 2. The zero-order valence-corrected chi connectivity index (χ0v) is 8.47. The smallest absolute Gasteiger partial charge is 0.129 e. The molecule has 14 heavy (non-hydrogen) atoms. The maximum absolute atomic E-state index is 13.3. The van der Waals surface area contributed by atoms with Gasteiger partial charge < -0.3 is 5.73 Å². The van der Waals surface area contributed by atoms with Gasteiger partial charge in [0.2, 0.25) is 0 Å². The molecule has 1 aliphatic rings. The minimum atomic E-state index is -0.238. The highest BCUT2D eigenvalue weighted by Crippen LogP contribution is 2.18. The molecule has 0 aliphatic carbocycles. The molecule has 2 rings (SSSR count). The Labute approximate surface area is 87.5 Å². The molecule has 0 aromatic heterocycles. The quantitative estimate of drug-likeness (QED) is 0.811. The van der Waals surface area contributed by atoms with Gasteiger partial charge in [-0.05, 0) is 12.1 Å². The maximum Gasteiger partial charge on any atom is 0.129 e. The summed E-state index contributed by atoms with van der Waals surface area (Å²) in [6.07, 6.45) is 0. The molecule has 0 unspecified atom stereocenters. The van der Waals surface area contributed by atoms with E-state index in [0.29, 0.717) is 17.1 Å². The summed E-state index contributed by atoms with van der Waals surface area (Å²) in [5.74, 6) is -0.238. The molecule has 1 aliphatic heterocycles. The lowest BCUT2D eigenvalue weighted by atomic mass is 10.1. The molecule has 1 aromatic carbocycles. The van der Waals surface area contributed by atoms with Crippen LogP contribution < -0.4 is 5.73 Å². The van der Waals surface area contributed by atoms with E-state index in [2.05, 4.69) is 4.90 Å². The fourth-order valence-corrected chi connectivity index (χ4v) is 1.79. The number of likely N-dealkylation sites (tertiary alicyclic amines) is 1. The molecule has 0 spiro atoms. The minimum absolute atomic E-state index is 0.238. The van der Waals surface area contributed by atoms with Crippen LogP contribution in [-0.4, -0.2) is 24.0 Å². The average molecular weight is 215 g/mol. The molecule has 2 N–H and O–H groups in total. The van der Waals surface area contributed by atoms with Crippen molar-refractivity contribution in [2.45, 2.75) is 12.6 Å². The van der Waals surface area contributed by atoms with Gasteiger partial charge in [-0.1, -0.05) is 17.7 Å².